The fourth-order valence-electron chi connectivity index (χ4n) is 2.65. The Morgan fingerprint density at radius 2 is 2.05 bits per heavy atom. The summed E-state index contributed by atoms with van der Waals surface area (Å²) in [5.74, 6) is 1.05. The second kappa shape index (κ2) is 7.08. The molecule has 2 heterocycles. The minimum absolute atomic E-state index is 0.310. The molecule has 0 aromatic carbocycles. The minimum atomic E-state index is 0.310. The van der Waals surface area contributed by atoms with Crippen molar-refractivity contribution < 1.29 is 9.15 Å². The van der Waals surface area contributed by atoms with Gasteiger partial charge in [-0.15, -0.1) is 0 Å². The van der Waals surface area contributed by atoms with Crippen molar-refractivity contribution in [2.45, 2.75) is 52.5 Å². The average molecular weight is 266 g/mol. The second-order valence-corrected chi connectivity index (χ2v) is 5.55. The van der Waals surface area contributed by atoms with Crippen molar-refractivity contribution in [3.63, 3.8) is 0 Å². The molecule has 108 valence electrons. The number of rotatable bonds is 6. The zero-order valence-corrected chi connectivity index (χ0v) is 12.3. The SMILES string of the molecule is CCCNCc1coc(CN2C[C@@H](C)O[C@@H](C)C2)c1. The minimum Gasteiger partial charge on any atom is -0.468 e. The van der Waals surface area contributed by atoms with Crippen LogP contribution in [0.3, 0.4) is 0 Å². The monoisotopic (exact) mass is 266 g/mol. The van der Waals surface area contributed by atoms with Crippen LogP contribution in [0.15, 0.2) is 16.7 Å². The van der Waals surface area contributed by atoms with Crippen LogP contribution < -0.4 is 5.32 Å². The zero-order chi connectivity index (χ0) is 13.7. The van der Waals surface area contributed by atoms with Gasteiger partial charge in [0, 0.05) is 25.2 Å². The predicted octanol–water partition coefficient (Wildman–Crippen LogP) is 2.39. The lowest BCUT2D eigenvalue weighted by atomic mass is 10.2. The first kappa shape index (κ1) is 14.6. The molecule has 0 saturated carbocycles. The van der Waals surface area contributed by atoms with Crippen molar-refractivity contribution in [1.29, 1.82) is 0 Å². The first-order chi connectivity index (χ1) is 9.17. The third kappa shape index (κ3) is 4.64. The van der Waals surface area contributed by atoms with E-state index in [1.807, 2.05) is 6.26 Å². The Morgan fingerprint density at radius 1 is 1.32 bits per heavy atom. The van der Waals surface area contributed by atoms with Gasteiger partial charge in [-0.05, 0) is 32.9 Å². The maximum Gasteiger partial charge on any atom is 0.118 e. The molecule has 0 radical (unpaired) electrons. The van der Waals surface area contributed by atoms with Crippen LogP contribution in [0.25, 0.3) is 0 Å². The van der Waals surface area contributed by atoms with Gasteiger partial charge in [0.1, 0.15) is 5.76 Å². The molecule has 0 aliphatic carbocycles. The molecule has 1 aliphatic rings. The van der Waals surface area contributed by atoms with Gasteiger partial charge in [0.05, 0.1) is 25.0 Å². The first-order valence-corrected chi connectivity index (χ1v) is 7.32. The van der Waals surface area contributed by atoms with Crippen molar-refractivity contribution >= 4 is 0 Å². The standard InChI is InChI=1S/C15H26N2O2/c1-4-5-16-7-14-6-15(18-11-14)10-17-8-12(2)19-13(3)9-17/h6,11-13,16H,4-5,7-10H2,1-3H3/t12-,13+. The van der Waals surface area contributed by atoms with Gasteiger partial charge in [0.25, 0.3) is 0 Å². The fraction of sp³-hybridized carbons (Fsp3) is 0.733. The maximum atomic E-state index is 5.74. The Bertz CT molecular complexity index is 368. The van der Waals surface area contributed by atoms with E-state index >= 15 is 0 Å². The highest BCUT2D eigenvalue weighted by atomic mass is 16.5. The van der Waals surface area contributed by atoms with E-state index in [9.17, 15) is 0 Å². The Balaban J connectivity index is 1.82. The lowest BCUT2D eigenvalue weighted by Gasteiger charge is -2.34. The topological polar surface area (TPSA) is 37.6 Å². The molecule has 1 aliphatic heterocycles. The molecular formula is C15H26N2O2. The Kier molecular flexibility index (Phi) is 5.43. The number of hydrogen-bond donors (Lipinski definition) is 1. The van der Waals surface area contributed by atoms with E-state index in [0.29, 0.717) is 12.2 Å². The van der Waals surface area contributed by atoms with Crippen LogP contribution in [0.5, 0.6) is 0 Å². The summed E-state index contributed by atoms with van der Waals surface area (Å²) in [6.07, 6.45) is 3.65. The Hall–Kier alpha value is -0.840. The quantitative estimate of drug-likeness (QED) is 0.802. The van der Waals surface area contributed by atoms with Crippen molar-refractivity contribution in [3.8, 4) is 0 Å². The van der Waals surface area contributed by atoms with E-state index < -0.39 is 0 Å². The second-order valence-electron chi connectivity index (χ2n) is 5.55. The highest BCUT2D eigenvalue weighted by Crippen LogP contribution is 2.16. The molecule has 0 spiro atoms. The molecule has 0 unspecified atom stereocenters. The van der Waals surface area contributed by atoms with E-state index in [-0.39, 0.29) is 0 Å². The number of nitrogens with one attached hydrogen (secondary N) is 1. The molecule has 1 fully saturated rings. The van der Waals surface area contributed by atoms with Crippen LogP contribution in [0.2, 0.25) is 0 Å². The summed E-state index contributed by atoms with van der Waals surface area (Å²) in [6.45, 7) is 11.2. The summed E-state index contributed by atoms with van der Waals surface area (Å²) in [4.78, 5) is 2.40. The smallest absolute Gasteiger partial charge is 0.118 e. The van der Waals surface area contributed by atoms with Gasteiger partial charge in [0.15, 0.2) is 0 Å². The van der Waals surface area contributed by atoms with Gasteiger partial charge in [-0.25, -0.2) is 0 Å². The zero-order valence-electron chi connectivity index (χ0n) is 12.3. The summed E-state index contributed by atoms with van der Waals surface area (Å²) >= 11 is 0. The normalized spacial score (nSPS) is 24.8. The highest BCUT2D eigenvalue weighted by Gasteiger charge is 2.22. The van der Waals surface area contributed by atoms with Crippen LogP contribution >= 0.6 is 0 Å². The van der Waals surface area contributed by atoms with Gasteiger partial charge in [-0.2, -0.15) is 0 Å². The highest BCUT2D eigenvalue weighted by molar-refractivity contribution is 5.12. The largest absolute Gasteiger partial charge is 0.468 e. The van der Waals surface area contributed by atoms with Crippen molar-refractivity contribution in [2.75, 3.05) is 19.6 Å². The van der Waals surface area contributed by atoms with Gasteiger partial charge < -0.3 is 14.5 Å². The number of hydrogen-bond acceptors (Lipinski definition) is 4. The van der Waals surface area contributed by atoms with Crippen molar-refractivity contribution in [3.05, 3.63) is 23.7 Å². The van der Waals surface area contributed by atoms with Crippen LogP contribution in [-0.4, -0.2) is 36.7 Å². The summed E-state index contributed by atoms with van der Waals surface area (Å²) in [5.41, 5.74) is 1.23. The van der Waals surface area contributed by atoms with Crippen LogP contribution in [0.1, 0.15) is 38.5 Å². The van der Waals surface area contributed by atoms with Crippen LogP contribution in [0, 0.1) is 0 Å². The molecule has 2 atom stereocenters. The number of nitrogens with zero attached hydrogens (tertiary/aromatic N) is 1. The molecule has 4 nitrogen and oxygen atoms in total. The molecule has 1 saturated heterocycles. The summed E-state index contributed by atoms with van der Waals surface area (Å²) in [6, 6.07) is 2.16. The molecule has 1 aromatic rings. The molecule has 0 amide bonds. The van der Waals surface area contributed by atoms with E-state index in [1.165, 1.54) is 5.56 Å². The van der Waals surface area contributed by atoms with Crippen LogP contribution in [-0.2, 0) is 17.8 Å². The molecular weight excluding hydrogens is 240 g/mol. The van der Waals surface area contributed by atoms with Crippen molar-refractivity contribution in [2.24, 2.45) is 0 Å². The molecule has 1 aromatic heterocycles. The van der Waals surface area contributed by atoms with Gasteiger partial charge >= 0.3 is 0 Å². The Morgan fingerprint density at radius 3 is 2.74 bits per heavy atom. The van der Waals surface area contributed by atoms with Gasteiger partial charge in [-0.1, -0.05) is 6.92 Å². The fourth-order valence-corrected chi connectivity index (χ4v) is 2.65. The van der Waals surface area contributed by atoms with E-state index in [1.54, 1.807) is 0 Å². The molecule has 0 bridgehead atoms. The molecule has 1 N–H and O–H groups in total. The van der Waals surface area contributed by atoms with Crippen molar-refractivity contribution in [1.82, 2.24) is 10.2 Å². The third-order valence-corrected chi connectivity index (χ3v) is 3.34. The Labute approximate surface area is 116 Å². The lowest BCUT2D eigenvalue weighted by Crippen LogP contribution is -2.44. The maximum absolute atomic E-state index is 5.74. The third-order valence-electron chi connectivity index (χ3n) is 3.34. The number of ether oxygens (including phenoxy) is 1. The first-order valence-electron chi connectivity index (χ1n) is 7.32. The predicted molar refractivity (Wildman–Crippen MR) is 76.0 cm³/mol. The molecule has 2 rings (SSSR count). The summed E-state index contributed by atoms with van der Waals surface area (Å²) < 4.78 is 11.4. The van der Waals surface area contributed by atoms with E-state index in [2.05, 4.69) is 37.1 Å². The summed E-state index contributed by atoms with van der Waals surface area (Å²) in [7, 11) is 0. The lowest BCUT2D eigenvalue weighted by molar-refractivity contribution is -0.0718. The number of morpholine rings is 1. The summed E-state index contributed by atoms with van der Waals surface area (Å²) in [5, 5.41) is 3.39. The van der Waals surface area contributed by atoms with Gasteiger partial charge in [-0.3, -0.25) is 4.90 Å². The van der Waals surface area contributed by atoms with E-state index in [0.717, 1.165) is 44.9 Å². The van der Waals surface area contributed by atoms with Crippen LogP contribution in [0.4, 0.5) is 0 Å². The molecule has 19 heavy (non-hydrogen) atoms. The van der Waals surface area contributed by atoms with Gasteiger partial charge in [0.2, 0.25) is 0 Å². The average Bonchev–Trinajstić information content (AvgIpc) is 2.76. The van der Waals surface area contributed by atoms with E-state index in [4.69, 9.17) is 9.15 Å². The number of furan rings is 1. The molecule has 4 heteroatoms.